The second-order valence-electron chi connectivity index (χ2n) is 4.72. The van der Waals surface area contributed by atoms with Gasteiger partial charge in [-0.15, -0.1) is 0 Å². The van der Waals surface area contributed by atoms with E-state index >= 15 is 0 Å². The Labute approximate surface area is 104 Å². The molecule has 96 valence electrons. The molecule has 2 N–H and O–H groups in total. The highest BCUT2D eigenvalue weighted by Crippen LogP contribution is 2.10. The average molecular weight is 238 g/mol. The maximum Gasteiger partial charge on any atom is 0.123 e. The summed E-state index contributed by atoms with van der Waals surface area (Å²) in [7, 11) is 2.06. The first-order chi connectivity index (χ1) is 8.15. The first-order valence-electron chi connectivity index (χ1n) is 6.28. The van der Waals surface area contributed by atoms with Crippen LogP contribution in [-0.4, -0.2) is 25.0 Å². The Bertz CT molecular complexity index is 328. The lowest BCUT2D eigenvalue weighted by atomic mass is 10.0. The molecule has 0 aromatic heterocycles. The summed E-state index contributed by atoms with van der Waals surface area (Å²) < 4.78 is 13.0. The van der Waals surface area contributed by atoms with Crippen molar-refractivity contribution < 1.29 is 4.39 Å². The van der Waals surface area contributed by atoms with E-state index < -0.39 is 0 Å². The Balaban J connectivity index is 2.45. The third-order valence-corrected chi connectivity index (χ3v) is 2.94. The summed E-state index contributed by atoms with van der Waals surface area (Å²) in [4.78, 5) is 2.21. The van der Waals surface area contributed by atoms with Crippen molar-refractivity contribution in [2.24, 2.45) is 11.7 Å². The molecule has 0 saturated heterocycles. The fourth-order valence-electron chi connectivity index (χ4n) is 2.14. The van der Waals surface area contributed by atoms with Crippen LogP contribution in [0.4, 0.5) is 4.39 Å². The maximum atomic E-state index is 13.0. The number of rotatable bonds is 7. The smallest absolute Gasteiger partial charge is 0.123 e. The number of hydrogen-bond acceptors (Lipinski definition) is 2. The molecule has 0 aliphatic heterocycles. The highest BCUT2D eigenvalue weighted by Gasteiger charge is 2.09. The molecule has 1 rings (SSSR count). The largest absolute Gasteiger partial charge is 0.330 e. The second kappa shape index (κ2) is 7.41. The van der Waals surface area contributed by atoms with Crippen LogP contribution in [0, 0.1) is 11.7 Å². The number of hydrogen-bond donors (Lipinski definition) is 1. The SMILES string of the molecule is CCCC(CN)CN(C)Cc1cccc(F)c1. The van der Waals surface area contributed by atoms with Crippen molar-refractivity contribution in [1.29, 1.82) is 0 Å². The summed E-state index contributed by atoms with van der Waals surface area (Å²) in [5, 5.41) is 0. The van der Waals surface area contributed by atoms with Crippen LogP contribution in [0.3, 0.4) is 0 Å². The second-order valence-corrected chi connectivity index (χ2v) is 4.72. The quantitative estimate of drug-likeness (QED) is 0.791. The summed E-state index contributed by atoms with van der Waals surface area (Å²) in [5.74, 6) is 0.374. The summed E-state index contributed by atoms with van der Waals surface area (Å²) >= 11 is 0. The fraction of sp³-hybridized carbons (Fsp3) is 0.571. The molecule has 0 saturated carbocycles. The van der Waals surface area contributed by atoms with E-state index in [1.54, 1.807) is 12.1 Å². The number of nitrogens with two attached hydrogens (primary N) is 1. The molecule has 2 nitrogen and oxygen atoms in total. The normalized spacial score (nSPS) is 13.0. The van der Waals surface area contributed by atoms with Crippen LogP contribution in [0.2, 0.25) is 0 Å². The molecular weight excluding hydrogens is 215 g/mol. The monoisotopic (exact) mass is 238 g/mol. The van der Waals surface area contributed by atoms with Gasteiger partial charge < -0.3 is 10.6 Å². The summed E-state index contributed by atoms with van der Waals surface area (Å²) in [5.41, 5.74) is 6.75. The third kappa shape index (κ3) is 5.29. The van der Waals surface area contributed by atoms with Gasteiger partial charge in [-0.2, -0.15) is 0 Å². The van der Waals surface area contributed by atoms with Gasteiger partial charge in [-0.3, -0.25) is 0 Å². The standard InChI is InChI=1S/C14H23FN2/c1-3-5-13(9-16)11-17(2)10-12-6-4-7-14(15)8-12/h4,6-8,13H,3,5,9-11,16H2,1-2H3. The van der Waals surface area contributed by atoms with E-state index in [0.29, 0.717) is 5.92 Å². The van der Waals surface area contributed by atoms with Crippen molar-refractivity contribution in [1.82, 2.24) is 4.90 Å². The highest BCUT2D eigenvalue weighted by atomic mass is 19.1. The minimum atomic E-state index is -0.167. The minimum Gasteiger partial charge on any atom is -0.330 e. The van der Waals surface area contributed by atoms with Crippen molar-refractivity contribution in [3.05, 3.63) is 35.6 Å². The third-order valence-electron chi connectivity index (χ3n) is 2.94. The van der Waals surface area contributed by atoms with Crippen LogP contribution in [0.5, 0.6) is 0 Å². The molecular formula is C14H23FN2. The maximum absolute atomic E-state index is 13.0. The van der Waals surface area contributed by atoms with Gasteiger partial charge in [0.1, 0.15) is 5.82 Å². The molecule has 0 fully saturated rings. The van der Waals surface area contributed by atoms with Crippen molar-refractivity contribution in [2.45, 2.75) is 26.3 Å². The first kappa shape index (κ1) is 14.1. The van der Waals surface area contributed by atoms with Gasteiger partial charge in [0, 0.05) is 13.1 Å². The summed E-state index contributed by atoms with van der Waals surface area (Å²) in [6, 6.07) is 6.78. The van der Waals surface area contributed by atoms with Crippen LogP contribution in [0.15, 0.2) is 24.3 Å². The van der Waals surface area contributed by atoms with Crippen LogP contribution in [0.25, 0.3) is 0 Å². The van der Waals surface area contributed by atoms with E-state index in [1.807, 2.05) is 6.07 Å². The van der Waals surface area contributed by atoms with Crippen LogP contribution in [-0.2, 0) is 6.54 Å². The van der Waals surface area contributed by atoms with Gasteiger partial charge >= 0.3 is 0 Å². The predicted molar refractivity (Wildman–Crippen MR) is 70.2 cm³/mol. The van der Waals surface area contributed by atoms with Gasteiger partial charge in [-0.1, -0.05) is 25.5 Å². The van der Waals surface area contributed by atoms with E-state index in [0.717, 1.165) is 38.0 Å². The molecule has 1 aromatic carbocycles. The van der Waals surface area contributed by atoms with Crippen LogP contribution >= 0.6 is 0 Å². The summed E-state index contributed by atoms with van der Waals surface area (Å²) in [6.45, 7) is 4.65. The van der Waals surface area contributed by atoms with Crippen molar-refractivity contribution in [3.63, 3.8) is 0 Å². The Kier molecular flexibility index (Phi) is 6.16. The van der Waals surface area contributed by atoms with Crippen LogP contribution < -0.4 is 5.73 Å². The predicted octanol–water partition coefficient (Wildman–Crippen LogP) is 2.63. The van der Waals surface area contributed by atoms with Gasteiger partial charge in [-0.05, 0) is 43.6 Å². The molecule has 0 radical (unpaired) electrons. The molecule has 1 atom stereocenters. The zero-order valence-electron chi connectivity index (χ0n) is 10.8. The fourth-order valence-corrected chi connectivity index (χ4v) is 2.14. The number of nitrogens with zero attached hydrogens (tertiary/aromatic N) is 1. The lowest BCUT2D eigenvalue weighted by molar-refractivity contribution is 0.262. The first-order valence-corrected chi connectivity index (χ1v) is 6.28. The van der Waals surface area contributed by atoms with Crippen LogP contribution in [0.1, 0.15) is 25.3 Å². The van der Waals surface area contributed by atoms with E-state index in [4.69, 9.17) is 5.73 Å². The van der Waals surface area contributed by atoms with Gasteiger partial charge in [0.2, 0.25) is 0 Å². The molecule has 0 aliphatic rings. The molecule has 1 unspecified atom stereocenters. The van der Waals surface area contributed by atoms with Gasteiger partial charge in [0.15, 0.2) is 0 Å². The molecule has 0 aliphatic carbocycles. The Morgan fingerprint density at radius 1 is 1.41 bits per heavy atom. The Morgan fingerprint density at radius 3 is 2.76 bits per heavy atom. The van der Waals surface area contributed by atoms with Gasteiger partial charge in [-0.25, -0.2) is 4.39 Å². The number of halogens is 1. The van der Waals surface area contributed by atoms with Crippen molar-refractivity contribution in [3.8, 4) is 0 Å². The molecule has 1 aromatic rings. The van der Waals surface area contributed by atoms with E-state index in [2.05, 4.69) is 18.9 Å². The minimum absolute atomic E-state index is 0.167. The van der Waals surface area contributed by atoms with Crippen molar-refractivity contribution >= 4 is 0 Å². The molecule has 0 spiro atoms. The average Bonchev–Trinajstić information content (AvgIpc) is 2.28. The Morgan fingerprint density at radius 2 is 2.18 bits per heavy atom. The van der Waals surface area contributed by atoms with E-state index in [1.165, 1.54) is 6.07 Å². The number of benzene rings is 1. The zero-order valence-corrected chi connectivity index (χ0v) is 10.8. The topological polar surface area (TPSA) is 29.3 Å². The van der Waals surface area contributed by atoms with E-state index in [-0.39, 0.29) is 5.82 Å². The lowest BCUT2D eigenvalue weighted by Crippen LogP contribution is -2.29. The van der Waals surface area contributed by atoms with Crippen molar-refractivity contribution in [2.75, 3.05) is 20.1 Å². The molecule has 17 heavy (non-hydrogen) atoms. The lowest BCUT2D eigenvalue weighted by Gasteiger charge is -2.22. The highest BCUT2D eigenvalue weighted by molar-refractivity contribution is 5.15. The van der Waals surface area contributed by atoms with Gasteiger partial charge in [0.25, 0.3) is 0 Å². The van der Waals surface area contributed by atoms with E-state index in [9.17, 15) is 4.39 Å². The molecule has 3 heteroatoms. The molecule has 0 amide bonds. The molecule has 0 bridgehead atoms. The zero-order chi connectivity index (χ0) is 12.7. The molecule has 0 heterocycles. The summed E-state index contributed by atoms with van der Waals surface area (Å²) in [6.07, 6.45) is 2.32. The Hall–Kier alpha value is -0.930. The van der Waals surface area contributed by atoms with Gasteiger partial charge in [0.05, 0.1) is 0 Å².